The van der Waals surface area contributed by atoms with Crippen molar-refractivity contribution < 1.29 is 17.9 Å². The molecule has 0 bridgehead atoms. The molecular formula is C17H22N2O4S2. The van der Waals surface area contributed by atoms with E-state index in [4.69, 9.17) is 4.74 Å². The predicted molar refractivity (Wildman–Crippen MR) is 99.2 cm³/mol. The van der Waals surface area contributed by atoms with Crippen LogP contribution in [0.1, 0.15) is 21.3 Å². The van der Waals surface area contributed by atoms with Crippen molar-refractivity contribution in [3.63, 3.8) is 0 Å². The Morgan fingerprint density at radius 1 is 1.32 bits per heavy atom. The Kier molecular flexibility index (Phi) is 6.21. The van der Waals surface area contributed by atoms with Crippen LogP contribution in [0.3, 0.4) is 0 Å². The van der Waals surface area contributed by atoms with Gasteiger partial charge in [-0.05, 0) is 43.7 Å². The van der Waals surface area contributed by atoms with E-state index >= 15 is 0 Å². The molecular weight excluding hydrogens is 360 g/mol. The minimum atomic E-state index is -3.49. The maximum absolute atomic E-state index is 12.5. The molecule has 0 aliphatic heterocycles. The Morgan fingerprint density at radius 3 is 2.56 bits per heavy atom. The average Bonchev–Trinajstić information content (AvgIpc) is 3.07. The third-order valence-corrected chi connectivity index (χ3v) is 5.87. The van der Waals surface area contributed by atoms with Crippen molar-refractivity contribution in [2.75, 3.05) is 34.0 Å². The SMILES string of the molecule is COc1ccc(C(=O)NCC(c2cccs2)N(C)C)cc1S(C)(=O)=O. The van der Waals surface area contributed by atoms with E-state index in [2.05, 4.69) is 5.32 Å². The van der Waals surface area contributed by atoms with Crippen LogP contribution < -0.4 is 10.1 Å². The molecule has 1 amide bonds. The Hall–Kier alpha value is -1.90. The highest BCUT2D eigenvalue weighted by molar-refractivity contribution is 7.90. The second kappa shape index (κ2) is 7.99. The van der Waals surface area contributed by atoms with Gasteiger partial charge in [0.15, 0.2) is 9.84 Å². The number of benzene rings is 1. The van der Waals surface area contributed by atoms with Gasteiger partial charge < -0.3 is 15.0 Å². The van der Waals surface area contributed by atoms with E-state index in [0.29, 0.717) is 6.54 Å². The molecule has 8 heteroatoms. The van der Waals surface area contributed by atoms with Crippen molar-refractivity contribution in [3.8, 4) is 5.75 Å². The van der Waals surface area contributed by atoms with Gasteiger partial charge in [-0.2, -0.15) is 0 Å². The molecule has 2 aromatic rings. The van der Waals surface area contributed by atoms with Crippen molar-refractivity contribution >= 4 is 27.1 Å². The first kappa shape index (κ1) is 19.4. The minimum absolute atomic E-state index is 0.00469. The summed E-state index contributed by atoms with van der Waals surface area (Å²) in [6, 6.07) is 8.44. The van der Waals surface area contributed by atoms with E-state index in [0.717, 1.165) is 11.1 Å². The molecule has 0 spiro atoms. The molecule has 1 N–H and O–H groups in total. The van der Waals surface area contributed by atoms with Crippen molar-refractivity contribution in [1.29, 1.82) is 0 Å². The summed E-state index contributed by atoms with van der Waals surface area (Å²) < 4.78 is 28.8. The maximum Gasteiger partial charge on any atom is 0.251 e. The molecule has 136 valence electrons. The number of nitrogens with one attached hydrogen (secondary N) is 1. The normalized spacial score (nSPS) is 12.8. The molecule has 1 unspecified atom stereocenters. The number of likely N-dealkylation sites (N-methyl/N-ethyl adjacent to an activating group) is 1. The number of carbonyl (C=O) groups excluding carboxylic acids is 1. The number of thiophene rings is 1. The Labute approximate surface area is 152 Å². The lowest BCUT2D eigenvalue weighted by Gasteiger charge is -2.23. The van der Waals surface area contributed by atoms with E-state index in [1.165, 1.54) is 19.2 Å². The number of hydrogen-bond acceptors (Lipinski definition) is 6. The van der Waals surface area contributed by atoms with Gasteiger partial charge in [-0.15, -0.1) is 11.3 Å². The quantitative estimate of drug-likeness (QED) is 0.794. The Morgan fingerprint density at radius 2 is 2.04 bits per heavy atom. The number of rotatable bonds is 7. The molecule has 0 aliphatic carbocycles. The number of amides is 1. The molecule has 25 heavy (non-hydrogen) atoms. The fraction of sp³-hybridized carbons (Fsp3) is 0.353. The average molecular weight is 383 g/mol. The molecule has 1 aromatic heterocycles. The number of methoxy groups -OCH3 is 1. The lowest BCUT2D eigenvalue weighted by atomic mass is 10.2. The van der Waals surface area contributed by atoms with Crippen LogP contribution in [0, 0.1) is 0 Å². The summed E-state index contributed by atoms with van der Waals surface area (Å²) in [6.07, 6.45) is 1.09. The van der Waals surface area contributed by atoms with Crippen LogP contribution in [0.5, 0.6) is 5.75 Å². The highest BCUT2D eigenvalue weighted by atomic mass is 32.2. The molecule has 0 saturated heterocycles. The van der Waals surface area contributed by atoms with Crippen molar-refractivity contribution in [1.82, 2.24) is 10.2 Å². The minimum Gasteiger partial charge on any atom is -0.495 e. The monoisotopic (exact) mass is 382 g/mol. The van der Waals surface area contributed by atoms with Gasteiger partial charge in [0, 0.05) is 23.2 Å². The highest BCUT2D eigenvalue weighted by Gasteiger charge is 2.20. The fourth-order valence-electron chi connectivity index (χ4n) is 2.42. The van der Waals surface area contributed by atoms with Crippen LogP contribution in [0.25, 0.3) is 0 Å². The van der Waals surface area contributed by atoms with Crippen molar-refractivity contribution in [2.45, 2.75) is 10.9 Å². The first-order chi connectivity index (χ1) is 11.7. The van der Waals surface area contributed by atoms with Crippen molar-refractivity contribution in [2.24, 2.45) is 0 Å². The number of sulfone groups is 1. The van der Waals surface area contributed by atoms with E-state index in [9.17, 15) is 13.2 Å². The number of carbonyl (C=O) groups is 1. The first-order valence-electron chi connectivity index (χ1n) is 7.60. The third kappa shape index (κ3) is 4.81. The molecule has 0 radical (unpaired) electrons. The van der Waals surface area contributed by atoms with Gasteiger partial charge in [0.25, 0.3) is 5.91 Å². The summed E-state index contributed by atoms with van der Waals surface area (Å²) in [5.41, 5.74) is 0.282. The molecule has 0 fully saturated rings. The van der Waals surface area contributed by atoms with E-state index in [1.807, 2.05) is 36.5 Å². The fourth-order valence-corrected chi connectivity index (χ4v) is 4.20. The smallest absolute Gasteiger partial charge is 0.251 e. The Bertz CT molecular complexity index is 830. The van der Waals surface area contributed by atoms with Gasteiger partial charge >= 0.3 is 0 Å². The maximum atomic E-state index is 12.5. The topological polar surface area (TPSA) is 75.7 Å². The van der Waals surface area contributed by atoms with Crippen molar-refractivity contribution in [3.05, 3.63) is 46.2 Å². The first-order valence-corrected chi connectivity index (χ1v) is 10.4. The Balaban J connectivity index is 2.18. The molecule has 2 rings (SSSR count). The van der Waals surface area contributed by atoms with E-state index < -0.39 is 9.84 Å². The zero-order valence-corrected chi connectivity index (χ0v) is 16.3. The molecule has 0 aliphatic rings. The number of hydrogen-bond donors (Lipinski definition) is 1. The van der Waals surface area contributed by atoms with Crippen LogP contribution in [0.4, 0.5) is 0 Å². The summed E-state index contributed by atoms with van der Waals surface area (Å²) in [6.45, 7) is 0.423. The van der Waals surface area contributed by atoms with Gasteiger partial charge in [0.05, 0.1) is 13.2 Å². The zero-order valence-electron chi connectivity index (χ0n) is 14.6. The summed E-state index contributed by atoms with van der Waals surface area (Å²) in [5.74, 6) is -0.0974. The standard InChI is InChI=1S/C17H22N2O4S2/c1-19(2)13(15-6-5-9-24-15)11-18-17(20)12-7-8-14(23-3)16(10-12)25(4,21)22/h5-10,13H,11H2,1-4H3,(H,18,20). The largest absolute Gasteiger partial charge is 0.495 e. The van der Waals surface area contributed by atoms with Crippen LogP contribution in [-0.2, 0) is 9.84 Å². The van der Waals surface area contributed by atoms with Gasteiger partial charge in [-0.3, -0.25) is 4.79 Å². The van der Waals surface area contributed by atoms with E-state index in [-0.39, 0.29) is 28.2 Å². The van der Waals surface area contributed by atoms with Crippen LogP contribution >= 0.6 is 11.3 Å². The lowest BCUT2D eigenvalue weighted by Crippen LogP contribution is -2.34. The summed E-state index contributed by atoms with van der Waals surface area (Å²) in [5, 5.41) is 4.87. The molecule has 1 atom stereocenters. The van der Waals surface area contributed by atoms with Crippen LogP contribution in [0.15, 0.2) is 40.6 Å². The van der Waals surface area contributed by atoms with Gasteiger partial charge in [-0.1, -0.05) is 6.07 Å². The molecule has 1 aromatic carbocycles. The molecule has 1 heterocycles. The summed E-state index contributed by atoms with van der Waals surface area (Å²) >= 11 is 1.63. The second-order valence-electron chi connectivity index (χ2n) is 5.84. The predicted octanol–water partition coefficient (Wildman–Crippen LogP) is 2.19. The van der Waals surface area contributed by atoms with Gasteiger partial charge in [0.1, 0.15) is 10.6 Å². The molecule has 6 nitrogen and oxygen atoms in total. The second-order valence-corrected chi connectivity index (χ2v) is 8.81. The van der Waals surface area contributed by atoms with Crippen LogP contribution in [-0.4, -0.2) is 53.2 Å². The van der Waals surface area contributed by atoms with E-state index in [1.54, 1.807) is 17.4 Å². The van der Waals surface area contributed by atoms with Gasteiger partial charge in [0.2, 0.25) is 0 Å². The lowest BCUT2D eigenvalue weighted by molar-refractivity contribution is 0.0942. The summed E-state index contributed by atoms with van der Waals surface area (Å²) in [7, 11) is 1.80. The zero-order chi connectivity index (χ0) is 18.6. The summed E-state index contributed by atoms with van der Waals surface area (Å²) in [4.78, 5) is 15.6. The highest BCUT2D eigenvalue weighted by Crippen LogP contribution is 2.25. The van der Waals surface area contributed by atoms with Gasteiger partial charge in [-0.25, -0.2) is 8.42 Å². The van der Waals surface area contributed by atoms with Crippen LogP contribution in [0.2, 0.25) is 0 Å². The molecule has 0 saturated carbocycles. The third-order valence-electron chi connectivity index (χ3n) is 3.78. The number of ether oxygens (including phenoxy) is 1. The number of nitrogens with zero attached hydrogens (tertiary/aromatic N) is 1.